The second kappa shape index (κ2) is 4.77. The van der Waals surface area contributed by atoms with Crippen molar-refractivity contribution in [3.63, 3.8) is 0 Å². The molecular formula is C15H12ClFN4. The van der Waals surface area contributed by atoms with E-state index in [9.17, 15) is 4.39 Å². The molecular weight excluding hydrogens is 291 g/mol. The number of hydrogen-bond donors (Lipinski definition) is 0. The summed E-state index contributed by atoms with van der Waals surface area (Å²) in [4.78, 5) is 3.66. The lowest BCUT2D eigenvalue weighted by Gasteiger charge is -2.05. The lowest BCUT2D eigenvalue weighted by Crippen LogP contribution is -2.01. The Morgan fingerprint density at radius 2 is 2.10 bits per heavy atom. The number of hydrogen-bond acceptors (Lipinski definition) is 3. The third kappa shape index (κ3) is 2.27. The number of aromatic nitrogens is 4. The van der Waals surface area contributed by atoms with Crippen molar-refractivity contribution in [3.05, 3.63) is 41.4 Å². The summed E-state index contributed by atoms with van der Waals surface area (Å²) in [6.07, 6.45) is 3.99. The fourth-order valence-electron chi connectivity index (χ4n) is 2.44. The van der Waals surface area contributed by atoms with Crippen LogP contribution in [0.3, 0.4) is 0 Å². The van der Waals surface area contributed by atoms with Gasteiger partial charge in [-0.3, -0.25) is 0 Å². The van der Waals surface area contributed by atoms with Gasteiger partial charge in [-0.1, -0.05) is 22.9 Å². The van der Waals surface area contributed by atoms with Crippen LogP contribution in [0.25, 0.3) is 22.2 Å². The van der Waals surface area contributed by atoms with Crippen molar-refractivity contribution < 1.29 is 4.39 Å². The molecule has 6 heteroatoms. The molecule has 1 fully saturated rings. The Bertz CT molecular complexity index is 808. The fourth-order valence-corrected chi connectivity index (χ4v) is 2.75. The van der Waals surface area contributed by atoms with E-state index in [0.29, 0.717) is 10.5 Å². The van der Waals surface area contributed by atoms with Crippen LogP contribution in [0.15, 0.2) is 30.5 Å². The number of pyridine rings is 1. The molecule has 0 atom stereocenters. The molecule has 0 bridgehead atoms. The molecule has 0 amide bonds. The fraction of sp³-hybridized carbons (Fsp3) is 0.267. The summed E-state index contributed by atoms with van der Waals surface area (Å²) in [5.74, 6) is 0.209. The molecule has 4 nitrogen and oxygen atoms in total. The van der Waals surface area contributed by atoms with E-state index < -0.39 is 5.95 Å². The lowest BCUT2D eigenvalue weighted by molar-refractivity contribution is 0.559. The SMILES string of the molecule is Fc1ccc(-c2ccc3c(nnn3CC3CC3)c2Cl)cn1. The topological polar surface area (TPSA) is 43.6 Å². The predicted octanol–water partition coefficient (Wildman–Crippen LogP) is 3.70. The van der Waals surface area contributed by atoms with Crippen molar-refractivity contribution >= 4 is 22.6 Å². The highest BCUT2D eigenvalue weighted by atomic mass is 35.5. The zero-order chi connectivity index (χ0) is 14.4. The van der Waals surface area contributed by atoms with Crippen molar-refractivity contribution in [2.24, 2.45) is 5.92 Å². The highest BCUT2D eigenvalue weighted by molar-refractivity contribution is 6.37. The molecule has 0 aliphatic heterocycles. The summed E-state index contributed by atoms with van der Waals surface area (Å²) >= 11 is 6.44. The zero-order valence-corrected chi connectivity index (χ0v) is 11.9. The van der Waals surface area contributed by atoms with Crippen LogP contribution in [-0.2, 0) is 6.54 Å². The zero-order valence-electron chi connectivity index (χ0n) is 11.1. The molecule has 0 saturated heterocycles. The highest BCUT2D eigenvalue weighted by Gasteiger charge is 2.23. The molecule has 2 heterocycles. The van der Waals surface area contributed by atoms with E-state index in [2.05, 4.69) is 15.3 Å². The van der Waals surface area contributed by atoms with Crippen LogP contribution in [0.5, 0.6) is 0 Å². The Labute approximate surface area is 125 Å². The molecule has 0 N–H and O–H groups in total. The Balaban J connectivity index is 1.80. The van der Waals surface area contributed by atoms with E-state index in [4.69, 9.17) is 11.6 Å². The molecule has 21 heavy (non-hydrogen) atoms. The van der Waals surface area contributed by atoms with Gasteiger partial charge in [-0.05, 0) is 37.0 Å². The largest absolute Gasteiger partial charge is 0.244 e. The standard InChI is InChI=1S/C15H12ClFN4/c16-14-11(10-3-6-13(17)18-7-10)4-5-12-15(14)19-20-21(12)8-9-1-2-9/h3-7,9H,1-2,8H2. The van der Waals surface area contributed by atoms with E-state index in [-0.39, 0.29) is 0 Å². The third-order valence-corrected chi connectivity index (χ3v) is 4.17. The summed E-state index contributed by atoms with van der Waals surface area (Å²) in [6, 6.07) is 6.85. The Morgan fingerprint density at radius 1 is 1.24 bits per heavy atom. The quantitative estimate of drug-likeness (QED) is 0.693. The molecule has 1 aromatic carbocycles. The monoisotopic (exact) mass is 302 g/mol. The molecule has 2 aromatic heterocycles. The Morgan fingerprint density at radius 3 is 2.81 bits per heavy atom. The minimum atomic E-state index is -0.508. The van der Waals surface area contributed by atoms with Crippen LogP contribution in [0.2, 0.25) is 5.02 Å². The molecule has 1 aliphatic carbocycles. The Hall–Kier alpha value is -2.01. The maximum absolute atomic E-state index is 12.9. The van der Waals surface area contributed by atoms with Gasteiger partial charge in [-0.25, -0.2) is 9.67 Å². The number of fused-ring (bicyclic) bond motifs is 1. The molecule has 3 aromatic rings. The van der Waals surface area contributed by atoms with Gasteiger partial charge in [0.15, 0.2) is 0 Å². The van der Waals surface area contributed by atoms with Crippen LogP contribution in [0.4, 0.5) is 4.39 Å². The normalized spacial score (nSPS) is 14.8. The van der Waals surface area contributed by atoms with Gasteiger partial charge in [0.1, 0.15) is 5.52 Å². The number of rotatable bonds is 3. The number of halogens is 2. The van der Waals surface area contributed by atoms with Crippen LogP contribution in [0, 0.1) is 11.9 Å². The minimum Gasteiger partial charge on any atom is -0.244 e. The number of nitrogens with zero attached hydrogens (tertiary/aromatic N) is 4. The molecule has 4 rings (SSSR count). The predicted molar refractivity (Wildman–Crippen MR) is 78.5 cm³/mol. The van der Waals surface area contributed by atoms with Crippen molar-refractivity contribution in [2.45, 2.75) is 19.4 Å². The molecule has 0 unspecified atom stereocenters. The summed E-state index contributed by atoms with van der Waals surface area (Å²) in [5.41, 5.74) is 3.17. The van der Waals surface area contributed by atoms with Gasteiger partial charge in [0.05, 0.1) is 10.5 Å². The average molecular weight is 303 g/mol. The third-order valence-electron chi connectivity index (χ3n) is 3.79. The van der Waals surface area contributed by atoms with Gasteiger partial charge in [0.25, 0.3) is 0 Å². The minimum absolute atomic E-state index is 0.508. The maximum atomic E-state index is 12.9. The summed E-state index contributed by atoms with van der Waals surface area (Å²) in [6.45, 7) is 0.893. The van der Waals surface area contributed by atoms with Crippen LogP contribution >= 0.6 is 11.6 Å². The average Bonchev–Trinajstić information content (AvgIpc) is 3.20. The van der Waals surface area contributed by atoms with Gasteiger partial charge in [-0.15, -0.1) is 5.10 Å². The van der Waals surface area contributed by atoms with Crippen molar-refractivity contribution in [3.8, 4) is 11.1 Å². The van der Waals surface area contributed by atoms with E-state index in [1.54, 1.807) is 6.07 Å². The van der Waals surface area contributed by atoms with Gasteiger partial charge in [0, 0.05) is 23.9 Å². The van der Waals surface area contributed by atoms with Gasteiger partial charge < -0.3 is 0 Å². The van der Waals surface area contributed by atoms with E-state index in [1.807, 2.05) is 16.8 Å². The molecule has 1 aliphatic rings. The second-order valence-electron chi connectivity index (χ2n) is 5.38. The van der Waals surface area contributed by atoms with Crippen molar-refractivity contribution in [2.75, 3.05) is 0 Å². The first kappa shape index (κ1) is 12.7. The second-order valence-corrected chi connectivity index (χ2v) is 5.76. The number of benzene rings is 1. The first-order valence-electron chi connectivity index (χ1n) is 6.86. The molecule has 0 spiro atoms. The highest BCUT2D eigenvalue weighted by Crippen LogP contribution is 2.35. The summed E-state index contributed by atoms with van der Waals surface area (Å²) in [5, 5.41) is 8.91. The summed E-state index contributed by atoms with van der Waals surface area (Å²) < 4.78 is 14.8. The summed E-state index contributed by atoms with van der Waals surface area (Å²) in [7, 11) is 0. The molecule has 106 valence electrons. The van der Waals surface area contributed by atoms with Gasteiger partial charge >= 0.3 is 0 Å². The van der Waals surface area contributed by atoms with Crippen LogP contribution in [-0.4, -0.2) is 20.0 Å². The van der Waals surface area contributed by atoms with Gasteiger partial charge in [-0.2, -0.15) is 4.39 Å². The Kier molecular flexibility index (Phi) is 2.89. The van der Waals surface area contributed by atoms with Crippen molar-refractivity contribution in [1.82, 2.24) is 20.0 Å². The van der Waals surface area contributed by atoms with E-state index >= 15 is 0 Å². The smallest absolute Gasteiger partial charge is 0.212 e. The molecule has 0 radical (unpaired) electrons. The van der Waals surface area contributed by atoms with E-state index in [0.717, 1.165) is 29.1 Å². The van der Waals surface area contributed by atoms with Crippen LogP contribution < -0.4 is 0 Å². The lowest BCUT2D eigenvalue weighted by atomic mass is 10.1. The first-order valence-corrected chi connectivity index (χ1v) is 7.24. The molecule has 1 saturated carbocycles. The first-order chi connectivity index (χ1) is 10.2. The van der Waals surface area contributed by atoms with E-state index in [1.165, 1.54) is 25.1 Å². The van der Waals surface area contributed by atoms with Gasteiger partial charge in [0.2, 0.25) is 5.95 Å². The maximum Gasteiger partial charge on any atom is 0.212 e. The van der Waals surface area contributed by atoms with Crippen molar-refractivity contribution in [1.29, 1.82) is 0 Å². The van der Waals surface area contributed by atoms with Crippen LogP contribution in [0.1, 0.15) is 12.8 Å².